The van der Waals surface area contributed by atoms with Gasteiger partial charge >= 0.3 is 0 Å². The van der Waals surface area contributed by atoms with Gasteiger partial charge in [-0.1, -0.05) is 62.2 Å². The van der Waals surface area contributed by atoms with Crippen molar-refractivity contribution in [1.82, 2.24) is 5.16 Å². The second-order valence-corrected chi connectivity index (χ2v) is 6.46. The van der Waals surface area contributed by atoms with E-state index in [1.54, 1.807) is 0 Å². The summed E-state index contributed by atoms with van der Waals surface area (Å²) in [5.41, 5.74) is 8.40. The van der Waals surface area contributed by atoms with Gasteiger partial charge in [0.1, 0.15) is 5.76 Å². The molecule has 1 fully saturated rings. The van der Waals surface area contributed by atoms with Crippen LogP contribution in [0, 0.1) is 5.41 Å². The first kappa shape index (κ1) is 13.2. The smallest absolute Gasteiger partial charge is 0.175 e. The van der Waals surface area contributed by atoms with Crippen LogP contribution in [0.3, 0.4) is 0 Å². The number of hydrogen-bond donors (Lipinski definition) is 1. The lowest BCUT2D eigenvalue weighted by atomic mass is 9.67. The van der Waals surface area contributed by atoms with Gasteiger partial charge in [0.25, 0.3) is 0 Å². The van der Waals surface area contributed by atoms with Crippen LogP contribution in [0.1, 0.15) is 51.2 Å². The SMILES string of the molecule is CC1(C)CCCCC1c1onc(N)c1-c1ccccc1. The molecule has 0 spiro atoms. The predicted molar refractivity (Wildman–Crippen MR) is 81.3 cm³/mol. The van der Waals surface area contributed by atoms with Gasteiger partial charge < -0.3 is 10.3 Å². The molecule has 20 heavy (non-hydrogen) atoms. The molecule has 0 aliphatic heterocycles. The minimum absolute atomic E-state index is 0.244. The van der Waals surface area contributed by atoms with Crippen molar-refractivity contribution in [1.29, 1.82) is 0 Å². The summed E-state index contributed by atoms with van der Waals surface area (Å²) < 4.78 is 5.65. The first-order chi connectivity index (χ1) is 9.59. The molecule has 1 atom stereocenters. The molecule has 3 nitrogen and oxygen atoms in total. The quantitative estimate of drug-likeness (QED) is 0.867. The van der Waals surface area contributed by atoms with E-state index in [0.717, 1.165) is 23.3 Å². The van der Waals surface area contributed by atoms with Crippen LogP contribution in [0.2, 0.25) is 0 Å². The van der Waals surface area contributed by atoms with Crippen LogP contribution in [0.15, 0.2) is 34.9 Å². The lowest BCUT2D eigenvalue weighted by Gasteiger charge is -2.37. The summed E-state index contributed by atoms with van der Waals surface area (Å²) in [6, 6.07) is 10.2. The fourth-order valence-electron chi connectivity index (χ4n) is 3.43. The Hall–Kier alpha value is -1.77. The molecule has 1 aliphatic carbocycles. The second kappa shape index (κ2) is 4.97. The maximum Gasteiger partial charge on any atom is 0.175 e. The van der Waals surface area contributed by atoms with E-state index < -0.39 is 0 Å². The second-order valence-electron chi connectivity index (χ2n) is 6.46. The van der Waals surface area contributed by atoms with Crippen LogP contribution >= 0.6 is 0 Å². The molecule has 2 aromatic rings. The van der Waals surface area contributed by atoms with Crippen molar-refractivity contribution >= 4 is 5.82 Å². The molecule has 1 unspecified atom stereocenters. The minimum atomic E-state index is 0.244. The van der Waals surface area contributed by atoms with Crippen molar-refractivity contribution in [2.24, 2.45) is 5.41 Å². The molecule has 2 N–H and O–H groups in total. The van der Waals surface area contributed by atoms with Gasteiger partial charge in [0, 0.05) is 5.92 Å². The molecule has 3 heteroatoms. The Kier molecular flexibility index (Phi) is 3.28. The topological polar surface area (TPSA) is 52.0 Å². The highest BCUT2D eigenvalue weighted by Gasteiger charge is 2.38. The third-order valence-electron chi connectivity index (χ3n) is 4.63. The van der Waals surface area contributed by atoms with Crippen molar-refractivity contribution in [3.63, 3.8) is 0 Å². The zero-order valence-corrected chi connectivity index (χ0v) is 12.2. The van der Waals surface area contributed by atoms with Gasteiger partial charge in [-0.25, -0.2) is 0 Å². The van der Waals surface area contributed by atoms with Gasteiger partial charge in [0.05, 0.1) is 5.56 Å². The third-order valence-corrected chi connectivity index (χ3v) is 4.63. The Morgan fingerprint density at radius 2 is 1.95 bits per heavy atom. The van der Waals surface area contributed by atoms with Gasteiger partial charge in [-0.05, 0) is 23.8 Å². The molecule has 3 rings (SSSR count). The van der Waals surface area contributed by atoms with E-state index in [1.165, 1.54) is 19.3 Å². The van der Waals surface area contributed by atoms with Crippen LogP contribution in [-0.2, 0) is 0 Å². The summed E-state index contributed by atoms with van der Waals surface area (Å²) in [4.78, 5) is 0. The molecule has 1 aromatic heterocycles. The molecule has 0 radical (unpaired) electrons. The van der Waals surface area contributed by atoms with Crippen molar-refractivity contribution in [3.05, 3.63) is 36.1 Å². The molecule has 1 saturated carbocycles. The Morgan fingerprint density at radius 1 is 1.20 bits per heavy atom. The minimum Gasteiger partial charge on any atom is -0.380 e. The monoisotopic (exact) mass is 270 g/mol. The Morgan fingerprint density at radius 3 is 2.65 bits per heavy atom. The number of hydrogen-bond acceptors (Lipinski definition) is 3. The van der Waals surface area contributed by atoms with Crippen molar-refractivity contribution in [2.75, 3.05) is 5.73 Å². The van der Waals surface area contributed by atoms with E-state index in [-0.39, 0.29) is 5.41 Å². The lowest BCUT2D eigenvalue weighted by molar-refractivity contribution is 0.169. The van der Waals surface area contributed by atoms with Gasteiger partial charge in [0.2, 0.25) is 0 Å². The fourth-order valence-corrected chi connectivity index (χ4v) is 3.43. The zero-order chi connectivity index (χ0) is 14.2. The first-order valence-electron chi connectivity index (χ1n) is 7.40. The van der Waals surface area contributed by atoms with Crippen LogP contribution < -0.4 is 5.73 Å². The Bertz CT molecular complexity index is 586. The van der Waals surface area contributed by atoms with Crippen LogP contribution in [-0.4, -0.2) is 5.16 Å². The number of rotatable bonds is 2. The largest absolute Gasteiger partial charge is 0.380 e. The average molecular weight is 270 g/mol. The van der Waals surface area contributed by atoms with Crippen LogP contribution in [0.5, 0.6) is 0 Å². The molecular formula is C17H22N2O. The Balaban J connectivity index is 2.07. The number of aromatic nitrogens is 1. The standard InChI is InChI=1S/C17H22N2O/c1-17(2)11-7-6-10-13(17)15-14(16(18)19-20-15)12-8-4-3-5-9-12/h3-5,8-9,13H,6-7,10-11H2,1-2H3,(H2,18,19). The molecule has 1 aromatic carbocycles. The van der Waals surface area contributed by atoms with Crippen LogP contribution in [0.25, 0.3) is 11.1 Å². The normalized spacial score (nSPS) is 21.8. The van der Waals surface area contributed by atoms with Gasteiger partial charge in [0.15, 0.2) is 5.82 Å². The van der Waals surface area contributed by atoms with Gasteiger partial charge in [-0.3, -0.25) is 0 Å². The number of nitrogens with zero attached hydrogens (tertiary/aromatic N) is 1. The molecule has 0 bridgehead atoms. The van der Waals surface area contributed by atoms with E-state index >= 15 is 0 Å². The van der Waals surface area contributed by atoms with Gasteiger partial charge in [-0.2, -0.15) is 0 Å². The van der Waals surface area contributed by atoms with E-state index in [9.17, 15) is 0 Å². The summed E-state index contributed by atoms with van der Waals surface area (Å²) in [6.45, 7) is 4.65. The third kappa shape index (κ3) is 2.21. The van der Waals surface area contributed by atoms with Crippen molar-refractivity contribution < 1.29 is 4.52 Å². The fraction of sp³-hybridized carbons (Fsp3) is 0.471. The van der Waals surface area contributed by atoms with E-state index in [1.807, 2.05) is 18.2 Å². The molecule has 1 heterocycles. The summed E-state index contributed by atoms with van der Waals surface area (Å²) in [5, 5.41) is 4.04. The number of anilines is 1. The number of nitrogen functional groups attached to an aromatic ring is 1. The van der Waals surface area contributed by atoms with Crippen molar-refractivity contribution in [3.8, 4) is 11.1 Å². The van der Waals surface area contributed by atoms with Crippen molar-refractivity contribution in [2.45, 2.75) is 45.4 Å². The van der Waals surface area contributed by atoms with Crippen LogP contribution in [0.4, 0.5) is 5.82 Å². The molecule has 106 valence electrons. The summed E-state index contributed by atoms with van der Waals surface area (Å²) in [6.07, 6.45) is 4.94. The highest BCUT2D eigenvalue weighted by atomic mass is 16.5. The Labute approximate surface area is 120 Å². The maximum atomic E-state index is 6.06. The van der Waals surface area contributed by atoms with E-state index in [2.05, 4.69) is 31.1 Å². The number of nitrogens with two attached hydrogens (primary N) is 1. The number of benzene rings is 1. The molecule has 0 amide bonds. The maximum absolute atomic E-state index is 6.06. The predicted octanol–water partition coefficient (Wildman–Crippen LogP) is 4.61. The first-order valence-corrected chi connectivity index (χ1v) is 7.40. The molecular weight excluding hydrogens is 248 g/mol. The zero-order valence-electron chi connectivity index (χ0n) is 12.2. The summed E-state index contributed by atoms with van der Waals surface area (Å²) in [5.74, 6) is 1.88. The van der Waals surface area contributed by atoms with E-state index in [0.29, 0.717) is 11.7 Å². The highest BCUT2D eigenvalue weighted by molar-refractivity contribution is 5.76. The lowest BCUT2D eigenvalue weighted by Crippen LogP contribution is -2.26. The van der Waals surface area contributed by atoms with E-state index in [4.69, 9.17) is 10.3 Å². The summed E-state index contributed by atoms with van der Waals surface area (Å²) >= 11 is 0. The molecule has 0 saturated heterocycles. The average Bonchev–Trinajstić information content (AvgIpc) is 2.81. The summed E-state index contributed by atoms with van der Waals surface area (Å²) in [7, 11) is 0. The highest BCUT2D eigenvalue weighted by Crippen LogP contribution is 2.50. The van der Waals surface area contributed by atoms with Gasteiger partial charge in [-0.15, -0.1) is 0 Å². The molecule has 1 aliphatic rings.